The molecule has 72 valence electrons. The van der Waals surface area contributed by atoms with Crippen molar-refractivity contribution >= 4 is 11.3 Å². The lowest BCUT2D eigenvalue weighted by molar-refractivity contribution is 0.166. The van der Waals surface area contributed by atoms with Gasteiger partial charge in [-0.2, -0.15) is 0 Å². The molecule has 0 radical (unpaired) electrons. The van der Waals surface area contributed by atoms with Gasteiger partial charge in [0.05, 0.1) is 11.1 Å². The van der Waals surface area contributed by atoms with E-state index in [2.05, 4.69) is 11.6 Å². The molecule has 1 unspecified atom stereocenters. The molecule has 0 aliphatic rings. The highest BCUT2D eigenvalue weighted by atomic mass is 32.1. The first-order valence-electron chi connectivity index (χ1n) is 4.42. The van der Waals surface area contributed by atoms with Gasteiger partial charge in [0.2, 0.25) is 0 Å². The molecule has 0 aromatic carbocycles. The Morgan fingerprint density at radius 2 is 2.54 bits per heavy atom. The van der Waals surface area contributed by atoms with Crippen LogP contribution in [0.25, 0.3) is 0 Å². The van der Waals surface area contributed by atoms with E-state index in [4.69, 9.17) is 0 Å². The molecule has 0 saturated heterocycles. The van der Waals surface area contributed by atoms with Gasteiger partial charge in [0.25, 0.3) is 0 Å². The predicted molar refractivity (Wildman–Crippen MR) is 56.0 cm³/mol. The monoisotopic (exact) mass is 197 g/mol. The zero-order valence-corrected chi connectivity index (χ0v) is 8.68. The molecule has 0 aliphatic heterocycles. The summed E-state index contributed by atoms with van der Waals surface area (Å²) in [6.07, 6.45) is 3.87. The smallest absolute Gasteiger partial charge is 0.0953 e. The van der Waals surface area contributed by atoms with Crippen LogP contribution in [0.1, 0.15) is 23.5 Å². The van der Waals surface area contributed by atoms with Gasteiger partial charge >= 0.3 is 0 Å². The van der Waals surface area contributed by atoms with Crippen LogP contribution in [0, 0.1) is 6.92 Å². The zero-order valence-electron chi connectivity index (χ0n) is 7.86. The van der Waals surface area contributed by atoms with Gasteiger partial charge in [-0.25, -0.2) is 4.98 Å². The first kappa shape index (κ1) is 10.4. The maximum Gasteiger partial charge on any atom is 0.0953 e. The molecule has 0 aliphatic carbocycles. The van der Waals surface area contributed by atoms with Gasteiger partial charge in [0, 0.05) is 17.5 Å². The molecule has 3 heteroatoms. The van der Waals surface area contributed by atoms with Crippen LogP contribution < -0.4 is 0 Å². The molecular weight excluding hydrogens is 182 g/mol. The Labute approximate surface area is 83.0 Å². The van der Waals surface area contributed by atoms with Gasteiger partial charge in [0.15, 0.2) is 0 Å². The first-order valence-corrected chi connectivity index (χ1v) is 5.30. The van der Waals surface area contributed by atoms with E-state index in [0.29, 0.717) is 6.42 Å². The van der Waals surface area contributed by atoms with Crippen LogP contribution >= 0.6 is 11.3 Å². The normalized spacial score (nSPS) is 12.8. The number of aliphatic hydroxyl groups excluding tert-OH is 1. The molecular formula is C10H15NOS. The summed E-state index contributed by atoms with van der Waals surface area (Å²) in [7, 11) is 0. The van der Waals surface area contributed by atoms with Crippen LogP contribution in [-0.4, -0.2) is 16.2 Å². The molecule has 13 heavy (non-hydrogen) atoms. The van der Waals surface area contributed by atoms with Crippen LogP contribution in [0.4, 0.5) is 0 Å². The Balaban J connectivity index is 2.35. The van der Waals surface area contributed by atoms with E-state index in [9.17, 15) is 5.11 Å². The predicted octanol–water partition coefficient (Wildman–Crippen LogP) is 2.32. The van der Waals surface area contributed by atoms with E-state index in [1.165, 1.54) is 0 Å². The summed E-state index contributed by atoms with van der Waals surface area (Å²) in [5.41, 5.74) is 1.04. The number of aliphatic hydroxyl groups is 1. The second kappa shape index (κ2) is 5.14. The van der Waals surface area contributed by atoms with Crippen LogP contribution in [-0.2, 0) is 6.42 Å². The van der Waals surface area contributed by atoms with Gasteiger partial charge < -0.3 is 5.11 Å². The van der Waals surface area contributed by atoms with Crippen molar-refractivity contribution in [2.75, 3.05) is 0 Å². The highest BCUT2D eigenvalue weighted by Gasteiger charge is 2.06. The lowest BCUT2D eigenvalue weighted by Gasteiger charge is -2.05. The summed E-state index contributed by atoms with van der Waals surface area (Å²) in [6, 6.07) is 0. The number of rotatable bonds is 5. The first-order chi connectivity index (χ1) is 6.22. The van der Waals surface area contributed by atoms with Gasteiger partial charge in [-0.3, -0.25) is 0 Å². The third-order valence-electron chi connectivity index (χ3n) is 1.78. The second-order valence-electron chi connectivity index (χ2n) is 3.11. The number of hydrogen-bond acceptors (Lipinski definition) is 3. The summed E-state index contributed by atoms with van der Waals surface area (Å²) in [5, 5.41) is 12.6. The van der Waals surface area contributed by atoms with Crippen LogP contribution in [0.5, 0.6) is 0 Å². The minimum atomic E-state index is -0.274. The van der Waals surface area contributed by atoms with Gasteiger partial charge in [-0.05, 0) is 19.8 Å². The van der Waals surface area contributed by atoms with E-state index < -0.39 is 0 Å². The molecule has 0 saturated carbocycles. The fourth-order valence-electron chi connectivity index (χ4n) is 1.11. The number of aromatic nitrogens is 1. The molecule has 1 rings (SSSR count). The summed E-state index contributed by atoms with van der Waals surface area (Å²) in [5.74, 6) is 0. The molecule has 1 N–H and O–H groups in total. The van der Waals surface area contributed by atoms with Gasteiger partial charge in [0.1, 0.15) is 0 Å². The summed E-state index contributed by atoms with van der Waals surface area (Å²) >= 11 is 1.61. The Hall–Kier alpha value is -0.670. The molecule has 0 fully saturated rings. The molecule has 1 atom stereocenters. The SMILES string of the molecule is C=CCCC(O)Cc1nc(C)cs1. The Bertz CT molecular complexity index is 270. The highest BCUT2D eigenvalue weighted by molar-refractivity contribution is 7.09. The van der Waals surface area contributed by atoms with E-state index >= 15 is 0 Å². The highest BCUT2D eigenvalue weighted by Crippen LogP contribution is 2.12. The number of thiazole rings is 1. The minimum absolute atomic E-state index is 0.274. The Kier molecular flexibility index (Phi) is 4.12. The van der Waals surface area contributed by atoms with E-state index in [1.54, 1.807) is 11.3 Å². The lowest BCUT2D eigenvalue weighted by Crippen LogP contribution is -2.09. The van der Waals surface area contributed by atoms with Crippen molar-refractivity contribution in [3.05, 3.63) is 28.7 Å². The maximum atomic E-state index is 9.56. The third-order valence-corrected chi connectivity index (χ3v) is 2.77. The van der Waals surface area contributed by atoms with Crippen LogP contribution in [0.2, 0.25) is 0 Å². The van der Waals surface area contributed by atoms with Crippen LogP contribution in [0.15, 0.2) is 18.0 Å². The lowest BCUT2D eigenvalue weighted by atomic mass is 10.1. The van der Waals surface area contributed by atoms with Crippen molar-refractivity contribution in [2.45, 2.75) is 32.3 Å². The average Bonchev–Trinajstić information content (AvgIpc) is 2.48. The largest absolute Gasteiger partial charge is 0.393 e. The Morgan fingerprint density at radius 3 is 3.08 bits per heavy atom. The fourth-order valence-corrected chi connectivity index (χ4v) is 1.95. The Morgan fingerprint density at radius 1 is 1.77 bits per heavy atom. The summed E-state index contributed by atoms with van der Waals surface area (Å²) < 4.78 is 0. The molecule has 0 spiro atoms. The summed E-state index contributed by atoms with van der Waals surface area (Å²) in [4.78, 5) is 4.29. The second-order valence-corrected chi connectivity index (χ2v) is 4.05. The van der Waals surface area contributed by atoms with Crippen molar-refractivity contribution in [3.63, 3.8) is 0 Å². The minimum Gasteiger partial charge on any atom is -0.393 e. The number of aryl methyl sites for hydroxylation is 1. The van der Waals surface area contributed by atoms with E-state index in [0.717, 1.165) is 23.5 Å². The number of hydrogen-bond donors (Lipinski definition) is 1. The number of nitrogens with zero attached hydrogens (tertiary/aromatic N) is 1. The van der Waals surface area contributed by atoms with E-state index in [-0.39, 0.29) is 6.10 Å². The molecule has 0 amide bonds. The van der Waals surface area contributed by atoms with Crippen molar-refractivity contribution in [1.82, 2.24) is 4.98 Å². The molecule has 1 aromatic rings. The average molecular weight is 197 g/mol. The van der Waals surface area contributed by atoms with Crippen molar-refractivity contribution < 1.29 is 5.11 Å². The van der Waals surface area contributed by atoms with E-state index in [1.807, 2.05) is 18.4 Å². The fraction of sp³-hybridized carbons (Fsp3) is 0.500. The maximum absolute atomic E-state index is 9.56. The van der Waals surface area contributed by atoms with Gasteiger partial charge in [-0.15, -0.1) is 17.9 Å². The standard InChI is InChI=1S/C10H15NOS/c1-3-4-5-9(12)6-10-11-8(2)7-13-10/h3,7,9,12H,1,4-6H2,2H3. The quantitative estimate of drug-likeness (QED) is 0.735. The van der Waals surface area contributed by atoms with Crippen molar-refractivity contribution in [1.29, 1.82) is 0 Å². The van der Waals surface area contributed by atoms with Crippen LogP contribution in [0.3, 0.4) is 0 Å². The summed E-state index contributed by atoms with van der Waals surface area (Å²) in [6.45, 7) is 5.59. The topological polar surface area (TPSA) is 33.1 Å². The molecule has 1 aromatic heterocycles. The van der Waals surface area contributed by atoms with Crippen molar-refractivity contribution in [2.24, 2.45) is 0 Å². The zero-order chi connectivity index (χ0) is 9.68. The molecule has 1 heterocycles. The van der Waals surface area contributed by atoms with Crippen molar-refractivity contribution in [3.8, 4) is 0 Å². The molecule has 2 nitrogen and oxygen atoms in total. The molecule has 0 bridgehead atoms. The third kappa shape index (κ3) is 3.70. The number of allylic oxidation sites excluding steroid dienone is 1. The van der Waals surface area contributed by atoms with Gasteiger partial charge in [-0.1, -0.05) is 6.08 Å².